The number of amides is 1. The van der Waals surface area contributed by atoms with Gasteiger partial charge >= 0.3 is 12.0 Å². The van der Waals surface area contributed by atoms with E-state index in [2.05, 4.69) is 15.1 Å². The molecule has 6 heterocycles. The van der Waals surface area contributed by atoms with Gasteiger partial charge < -0.3 is 39.4 Å². The molecule has 1 saturated heterocycles. The van der Waals surface area contributed by atoms with Gasteiger partial charge in [-0.15, -0.1) is 5.10 Å². The van der Waals surface area contributed by atoms with Crippen molar-refractivity contribution < 1.29 is 39.5 Å². The second kappa shape index (κ2) is 15.6. The fourth-order valence-electron chi connectivity index (χ4n) is 8.96. The van der Waals surface area contributed by atoms with Gasteiger partial charge in [-0.1, -0.05) is 44.9 Å². The van der Waals surface area contributed by atoms with Crippen LogP contribution in [0.15, 0.2) is 65.5 Å². The number of rotatable bonds is 10. The van der Waals surface area contributed by atoms with Crippen molar-refractivity contribution in [2.45, 2.75) is 71.8 Å². The molecule has 1 amide bonds. The standard InChI is InChI=1S/C46H47N7O9/c1-5-29-31-17-28(11-12-36(31)47-41-33(29)22-52-37(41)19-35-34(43(52)57)23-62-44(58)46(35,60)6-2)61-24-40(56)51-15-13-50(14-16-51)21-26-7-9-27(10-8-26)53-42(48-49-45(53)59)32-18-30(25(3)4)38(54)20-39(32)55/h7-12,17-20,25,54-55,60H,5-6,13-16,21-24H2,1-4H3,(H,49,59). The molecule has 0 saturated carbocycles. The van der Waals surface area contributed by atoms with Crippen LogP contribution in [0.5, 0.6) is 23.3 Å². The van der Waals surface area contributed by atoms with Gasteiger partial charge in [-0.3, -0.25) is 14.5 Å². The Hall–Kier alpha value is -6.78. The Morgan fingerprint density at radius 2 is 1.68 bits per heavy atom. The van der Waals surface area contributed by atoms with Gasteiger partial charge in [-0.25, -0.2) is 14.3 Å². The van der Waals surface area contributed by atoms with Gasteiger partial charge in [0.05, 0.1) is 40.3 Å². The van der Waals surface area contributed by atoms with Crippen LogP contribution in [0, 0.1) is 0 Å². The predicted octanol–water partition coefficient (Wildman–Crippen LogP) is 4.85. The maximum atomic E-state index is 13.7. The molecule has 0 bridgehead atoms. The molecule has 1 fully saturated rings. The number of aliphatic hydroxyl groups is 1. The molecule has 1 atom stereocenters. The van der Waals surface area contributed by atoms with Crippen molar-refractivity contribution in [3.05, 3.63) is 104 Å². The largest absolute Gasteiger partial charge is 0.508 e. The number of carbonyl (C=O) groups excluding carboxylic acids is 2. The number of hydrogen-bond donors (Lipinski definition) is 4. The molecule has 320 valence electrons. The minimum Gasteiger partial charge on any atom is -0.508 e. The SMILES string of the molecule is CCc1c2c(nc3ccc(OCC(=O)N4CCN(Cc5ccc(-n6c(O)nnc6-c6cc(C(C)C)c(O)cc6O)cc5)CC4)cc13)-c1cc3c(c(=O)n1C2)COC(=O)C3(O)CC. The van der Waals surface area contributed by atoms with E-state index in [1.807, 2.05) is 57.2 Å². The minimum atomic E-state index is -1.90. The third-order valence-electron chi connectivity index (χ3n) is 12.5. The molecule has 3 aromatic carbocycles. The van der Waals surface area contributed by atoms with Crippen LogP contribution >= 0.6 is 0 Å². The fraction of sp³-hybridized carbons (Fsp3) is 0.348. The molecule has 6 aromatic rings. The van der Waals surface area contributed by atoms with Gasteiger partial charge in [0, 0.05) is 55.3 Å². The quantitative estimate of drug-likeness (QED) is 0.136. The number of phenolic OH excluding ortho intramolecular Hbond substituents is 2. The zero-order valence-electron chi connectivity index (χ0n) is 34.9. The summed E-state index contributed by atoms with van der Waals surface area (Å²) >= 11 is 0. The summed E-state index contributed by atoms with van der Waals surface area (Å²) in [5.74, 6) is -0.326. The third-order valence-corrected chi connectivity index (χ3v) is 12.5. The van der Waals surface area contributed by atoms with E-state index in [0.29, 0.717) is 85.2 Å². The molecule has 9 rings (SSSR count). The van der Waals surface area contributed by atoms with E-state index in [1.165, 1.54) is 10.6 Å². The first-order valence-corrected chi connectivity index (χ1v) is 20.8. The molecular weight excluding hydrogens is 795 g/mol. The molecule has 3 aliphatic heterocycles. The summed E-state index contributed by atoms with van der Waals surface area (Å²) in [7, 11) is 0. The summed E-state index contributed by atoms with van der Waals surface area (Å²) in [5.41, 5.74) is 4.73. The van der Waals surface area contributed by atoms with E-state index in [-0.39, 0.29) is 71.5 Å². The Bertz CT molecular complexity index is 2840. The van der Waals surface area contributed by atoms with E-state index < -0.39 is 11.6 Å². The summed E-state index contributed by atoms with van der Waals surface area (Å²) < 4.78 is 14.4. The van der Waals surface area contributed by atoms with Crippen LogP contribution in [0.3, 0.4) is 0 Å². The molecule has 0 radical (unpaired) electrons. The van der Waals surface area contributed by atoms with Gasteiger partial charge in [0.1, 0.15) is 23.9 Å². The molecule has 0 spiro atoms. The molecule has 0 aliphatic carbocycles. The van der Waals surface area contributed by atoms with Crippen LogP contribution in [0.2, 0.25) is 0 Å². The minimum absolute atomic E-state index is 0.0134. The number of piperazine rings is 1. The number of pyridine rings is 2. The number of aromatic nitrogens is 5. The number of cyclic esters (lactones) is 1. The highest BCUT2D eigenvalue weighted by atomic mass is 16.6. The Labute approximate surface area is 356 Å². The third kappa shape index (κ3) is 6.79. The summed E-state index contributed by atoms with van der Waals surface area (Å²) in [6.07, 6.45) is 0.719. The molecular formula is C46H47N7O9. The first-order valence-electron chi connectivity index (χ1n) is 20.8. The number of ether oxygens (including phenoxy) is 2. The summed E-state index contributed by atoms with van der Waals surface area (Å²) in [5, 5.41) is 51.7. The normalized spacial score (nSPS) is 17.3. The Kier molecular flexibility index (Phi) is 10.2. The van der Waals surface area contributed by atoms with E-state index in [1.54, 1.807) is 34.6 Å². The van der Waals surface area contributed by atoms with Crippen LogP contribution in [0.4, 0.5) is 0 Å². The first kappa shape index (κ1) is 40.6. The number of esters is 1. The van der Waals surface area contributed by atoms with Gasteiger partial charge in [-0.05, 0) is 77.9 Å². The number of nitrogens with zero attached hydrogens (tertiary/aromatic N) is 7. The second-order valence-electron chi connectivity index (χ2n) is 16.4. The van der Waals surface area contributed by atoms with Crippen molar-refractivity contribution in [3.63, 3.8) is 0 Å². The molecule has 16 nitrogen and oxygen atoms in total. The maximum Gasteiger partial charge on any atom is 0.343 e. The van der Waals surface area contributed by atoms with Gasteiger partial charge in [0.15, 0.2) is 18.0 Å². The summed E-state index contributed by atoms with van der Waals surface area (Å²) in [4.78, 5) is 48.7. The molecule has 16 heteroatoms. The lowest BCUT2D eigenvalue weighted by Crippen LogP contribution is -2.49. The lowest BCUT2D eigenvalue weighted by molar-refractivity contribution is -0.172. The van der Waals surface area contributed by atoms with Crippen molar-refractivity contribution >= 4 is 22.8 Å². The average Bonchev–Trinajstić information content (AvgIpc) is 3.83. The second-order valence-corrected chi connectivity index (χ2v) is 16.4. The van der Waals surface area contributed by atoms with E-state index >= 15 is 0 Å². The zero-order valence-corrected chi connectivity index (χ0v) is 34.9. The van der Waals surface area contributed by atoms with Crippen molar-refractivity contribution in [1.29, 1.82) is 0 Å². The number of aromatic hydroxyl groups is 3. The van der Waals surface area contributed by atoms with Gasteiger partial charge in [0.2, 0.25) is 0 Å². The maximum absolute atomic E-state index is 13.7. The van der Waals surface area contributed by atoms with E-state index in [9.17, 15) is 34.8 Å². The smallest absolute Gasteiger partial charge is 0.343 e. The van der Waals surface area contributed by atoms with Crippen LogP contribution in [0.25, 0.3) is 39.4 Å². The van der Waals surface area contributed by atoms with Crippen LogP contribution in [-0.4, -0.2) is 99.2 Å². The van der Waals surface area contributed by atoms with Crippen molar-refractivity contribution in [2.24, 2.45) is 0 Å². The highest BCUT2D eigenvalue weighted by Crippen LogP contribution is 2.42. The van der Waals surface area contributed by atoms with Crippen molar-refractivity contribution in [2.75, 3.05) is 32.8 Å². The lowest BCUT2D eigenvalue weighted by Gasteiger charge is -2.34. The summed E-state index contributed by atoms with van der Waals surface area (Å²) in [6, 6.07) is 17.4. The monoisotopic (exact) mass is 841 g/mol. The van der Waals surface area contributed by atoms with Gasteiger partial charge in [0.25, 0.3) is 11.5 Å². The molecule has 62 heavy (non-hydrogen) atoms. The summed E-state index contributed by atoms with van der Waals surface area (Å²) in [6.45, 7) is 10.6. The molecule has 3 aliphatic rings. The number of carbonyl (C=O) groups is 2. The van der Waals surface area contributed by atoms with E-state index in [4.69, 9.17) is 14.5 Å². The predicted molar refractivity (Wildman–Crippen MR) is 227 cm³/mol. The Morgan fingerprint density at radius 1 is 0.919 bits per heavy atom. The van der Waals surface area contributed by atoms with Crippen LogP contribution in [0.1, 0.15) is 73.4 Å². The van der Waals surface area contributed by atoms with Crippen LogP contribution < -0.4 is 10.3 Å². The fourth-order valence-corrected chi connectivity index (χ4v) is 8.96. The highest BCUT2D eigenvalue weighted by Gasteiger charge is 2.45. The van der Waals surface area contributed by atoms with Crippen LogP contribution in [-0.2, 0) is 46.0 Å². The zero-order chi connectivity index (χ0) is 43.6. The number of fused-ring (bicyclic) bond motifs is 5. The molecule has 1 unspecified atom stereocenters. The first-order chi connectivity index (χ1) is 29.8. The number of benzene rings is 3. The number of phenols is 2. The molecule has 4 N–H and O–H groups in total. The number of aryl methyl sites for hydroxylation is 1. The van der Waals surface area contributed by atoms with Gasteiger partial charge in [-0.2, -0.15) is 0 Å². The Morgan fingerprint density at radius 3 is 2.39 bits per heavy atom. The number of hydrogen-bond acceptors (Lipinski definition) is 13. The molecule has 3 aromatic heterocycles. The van der Waals surface area contributed by atoms with Crippen molar-refractivity contribution in [1.82, 2.24) is 34.1 Å². The van der Waals surface area contributed by atoms with E-state index in [0.717, 1.165) is 22.1 Å². The van der Waals surface area contributed by atoms with Crippen molar-refractivity contribution in [3.8, 4) is 51.7 Å². The highest BCUT2D eigenvalue weighted by molar-refractivity contribution is 5.90. The lowest BCUT2D eigenvalue weighted by atomic mass is 9.86. The average molecular weight is 842 g/mol. The Balaban J connectivity index is 0.837. The topological polar surface area (TPSA) is 206 Å².